The fourth-order valence-electron chi connectivity index (χ4n) is 5.86. The predicted molar refractivity (Wildman–Crippen MR) is 146 cm³/mol. The van der Waals surface area contributed by atoms with Gasteiger partial charge in [0, 0.05) is 5.56 Å². The van der Waals surface area contributed by atoms with E-state index in [1.807, 2.05) is 24.3 Å². The molecule has 0 bridgehead atoms. The fourth-order valence-corrected chi connectivity index (χ4v) is 5.86. The maximum atomic E-state index is 12.0. The van der Waals surface area contributed by atoms with Gasteiger partial charge in [-0.1, -0.05) is 107 Å². The number of unbranched alkanes of at least 4 members (excludes halogenated alkanes) is 1. The van der Waals surface area contributed by atoms with Crippen molar-refractivity contribution in [2.24, 2.45) is 11.8 Å². The molecule has 0 spiro atoms. The summed E-state index contributed by atoms with van der Waals surface area (Å²) >= 11 is 0. The van der Waals surface area contributed by atoms with Crippen molar-refractivity contribution in [2.75, 3.05) is 14.2 Å². The molecule has 0 N–H and O–H groups in total. The van der Waals surface area contributed by atoms with Crippen molar-refractivity contribution in [3.8, 4) is 11.1 Å². The summed E-state index contributed by atoms with van der Waals surface area (Å²) in [6, 6.07) is 16.5. The van der Waals surface area contributed by atoms with Crippen LogP contribution in [-0.2, 0) is 35.0 Å². The number of methoxy groups -OCH3 is 2. The average molecular weight is 523 g/mol. The number of hydrogen-bond donors (Lipinski definition) is 0. The van der Waals surface area contributed by atoms with Crippen molar-refractivity contribution in [3.05, 3.63) is 59.7 Å². The van der Waals surface area contributed by atoms with Gasteiger partial charge in [-0.3, -0.25) is 0 Å². The highest BCUT2D eigenvalue weighted by Gasteiger charge is 2.47. The van der Waals surface area contributed by atoms with E-state index in [-0.39, 0.29) is 0 Å². The average Bonchev–Trinajstić information content (AvgIpc) is 3.42. The van der Waals surface area contributed by atoms with Gasteiger partial charge in [-0.2, -0.15) is 0 Å². The first-order chi connectivity index (χ1) is 18.5. The quantitative estimate of drug-likeness (QED) is 0.239. The molecule has 6 nitrogen and oxygen atoms in total. The van der Waals surface area contributed by atoms with Gasteiger partial charge >= 0.3 is 11.9 Å². The molecule has 1 saturated carbocycles. The Labute approximate surface area is 227 Å². The molecule has 2 fully saturated rings. The van der Waals surface area contributed by atoms with Crippen LogP contribution in [0.25, 0.3) is 11.1 Å². The van der Waals surface area contributed by atoms with E-state index in [0.29, 0.717) is 5.56 Å². The molecule has 6 heteroatoms. The predicted octanol–water partition coefficient (Wildman–Crippen LogP) is 6.80. The molecule has 1 heterocycles. The first kappa shape index (κ1) is 28.3. The van der Waals surface area contributed by atoms with Crippen molar-refractivity contribution in [1.82, 2.24) is 0 Å². The number of carbonyl (C=O) groups excluding carboxylic acids is 2. The topological polar surface area (TPSA) is 71.1 Å². The van der Waals surface area contributed by atoms with Crippen LogP contribution >= 0.6 is 0 Å². The van der Waals surface area contributed by atoms with Gasteiger partial charge < -0.3 is 18.9 Å². The molecule has 1 aliphatic heterocycles. The first-order valence-electron chi connectivity index (χ1n) is 14.2. The molecule has 2 atom stereocenters. The van der Waals surface area contributed by atoms with Crippen molar-refractivity contribution in [3.63, 3.8) is 0 Å². The molecule has 206 valence electrons. The van der Waals surface area contributed by atoms with Crippen LogP contribution in [0.2, 0.25) is 0 Å². The fraction of sp³-hybridized carbons (Fsp3) is 0.562. The zero-order valence-electron chi connectivity index (χ0n) is 23.0. The Morgan fingerprint density at radius 2 is 1.24 bits per heavy atom. The van der Waals surface area contributed by atoms with Crippen LogP contribution in [0.15, 0.2) is 48.5 Å². The lowest BCUT2D eigenvalue weighted by atomic mass is 9.78. The maximum Gasteiger partial charge on any atom is 0.338 e. The molecule has 4 rings (SSSR count). The monoisotopic (exact) mass is 522 g/mol. The van der Waals surface area contributed by atoms with E-state index in [1.165, 1.54) is 77.6 Å². The summed E-state index contributed by atoms with van der Waals surface area (Å²) in [7, 11) is 2.49. The normalized spacial score (nSPS) is 23.8. The zero-order valence-corrected chi connectivity index (χ0v) is 23.0. The summed E-state index contributed by atoms with van der Waals surface area (Å²) in [6.07, 6.45) is 10.4. The highest BCUT2D eigenvalue weighted by Crippen LogP contribution is 2.35. The minimum atomic E-state index is -1.16. The van der Waals surface area contributed by atoms with Gasteiger partial charge in [-0.05, 0) is 41.4 Å². The van der Waals surface area contributed by atoms with Crippen LogP contribution in [0, 0.1) is 11.8 Å². The van der Waals surface area contributed by atoms with E-state index < -0.39 is 30.4 Å². The molecule has 0 unspecified atom stereocenters. The van der Waals surface area contributed by atoms with Gasteiger partial charge in [-0.15, -0.1) is 0 Å². The summed E-state index contributed by atoms with van der Waals surface area (Å²) in [5, 5.41) is 0. The Morgan fingerprint density at radius 1 is 0.737 bits per heavy atom. The summed E-state index contributed by atoms with van der Waals surface area (Å²) in [6.45, 7) is 2.31. The molecule has 2 aliphatic rings. The van der Waals surface area contributed by atoms with Crippen molar-refractivity contribution in [1.29, 1.82) is 0 Å². The number of carbonyl (C=O) groups is 2. The maximum absolute atomic E-state index is 12.0. The number of hydrogen-bond acceptors (Lipinski definition) is 6. The summed E-state index contributed by atoms with van der Waals surface area (Å²) in [4.78, 5) is 24.1. The number of ether oxygens (including phenoxy) is 4. The third-order valence-electron chi connectivity index (χ3n) is 8.14. The zero-order chi connectivity index (χ0) is 26.9. The van der Waals surface area contributed by atoms with Gasteiger partial charge in [0.25, 0.3) is 0 Å². The number of aryl methyl sites for hydroxylation is 1. The lowest BCUT2D eigenvalue weighted by molar-refractivity contribution is -0.160. The van der Waals surface area contributed by atoms with E-state index in [1.54, 1.807) is 0 Å². The molecule has 38 heavy (non-hydrogen) atoms. The summed E-state index contributed by atoms with van der Waals surface area (Å²) in [5.74, 6) is 0.600. The lowest BCUT2D eigenvalue weighted by Gasteiger charge is -2.28. The standard InChI is InChI=1S/C32H42O6/c1-4-7-22-10-12-23(13-11-22)8-5-6-9-24-14-16-25(17-15-24)26-18-20-27(21-19-26)32-37-28(30(33)35-2)29(38-32)31(34)36-3/h14-23,28-29,32H,4-13H2,1-3H3/t22?,23?,28-,29-/m1/s1. The highest BCUT2D eigenvalue weighted by atomic mass is 16.8. The molecular formula is C32H42O6. The highest BCUT2D eigenvalue weighted by molar-refractivity contribution is 5.86. The first-order valence-corrected chi connectivity index (χ1v) is 14.2. The van der Waals surface area contributed by atoms with Crippen LogP contribution in [0.3, 0.4) is 0 Å². The van der Waals surface area contributed by atoms with E-state index in [4.69, 9.17) is 18.9 Å². The molecular weight excluding hydrogens is 480 g/mol. The van der Waals surface area contributed by atoms with Gasteiger partial charge in [0.1, 0.15) is 0 Å². The van der Waals surface area contributed by atoms with Crippen LogP contribution in [0.1, 0.15) is 82.1 Å². The second-order valence-electron chi connectivity index (χ2n) is 10.7. The minimum Gasteiger partial charge on any atom is -0.467 e. The van der Waals surface area contributed by atoms with Crippen molar-refractivity contribution < 1.29 is 28.5 Å². The van der Waals surface area contributed by atoms with Crippen LogP contribution < -0.4 is 0 Å². The molecule has 2 aromatic carbocycles. The summed E-state index contributed by atoms with van der Waals surface area (Å²) in [5.41, 5.74) is 4.31. The van der Waals surface area contributed by atoms with Gasteiger partial charge in [0.2, 0.25) is 0 Å². The molecule has 0 amide bonds. The molecule has 0 radical (unpaired) electrons. The third-order valence-corrected chi connectivity index (χ3v) is 8.14. The number of rotatable bonds is 11. The van der Waals surface area contributed by atoms with Crippen LogP contribution in [0.5, 0.6) is 0 Å². The SMILES string of the molecule is CCCC1CCC(CCCCc2ccc(-c3ccc(C4O[C@@H](C(=O)OC)[C@H](C(=O)OC)O4)cc3)cc2)CC1. The lowest BCUT2D eigenvalue weighted by Crippen LogP contribution is -2.38. The van der Waals surface area contributed by atoms with Crippen LogP contribution in [0.4, 0.5) is 0 Å². The molecule has 1 aliphatic carbocycles. The Balaban J connectivity index is 1.25. The number of benzene rings is 2. The Kier molecular flexibility index (Phi) is 10.4. The van der Waals surface area contributed by atoms with Crippen molar-refractivity contribution in [2.45, 2.75) is 89.6 Å². The Hall–Kier alpha value is -2.70. The van der Waals surface area contributed by atoms with E-state index in [2.05, 4.69) is 31.2 Å². The van der Waals surface area contributed by atoms with Crippen LogP contribution in [-0.4, -0.2) is 38.4 Å². The largest absolute Gasteiger partial charge is 0.467 e. The third kappa shape index (κ3) is 7.23. The summed E-state index contributed by atoms with van der Waals surface area (Å²) < 4.78 is 20.9. The second kappa shape index (κ2) is 13.9. The van der Waals surface area contributed by atoms with Gasteiger partial charge in [0.05, 0.1) is 14.2 Å². The van der Waals surface area contributed by atoms with Gasteiger partial charge in [0.15, 0.2) is 18.5 Å². The second-order valence-corrected chi connectivity index (χ2v) is 10.7. The minimum absolute atomic E-state index is 0.672. The van der Waals surface area contributed by atoms with E-state index in [9.17, 15) is 9.59 Å². The molecule has 0 aromatic heterocycles. The van der Waals surface area contributed by atoms with Gasteiger partial charge in [-0.25, -0.2) is 9.59 Å². The van der Waals surface area contributed by atoms with E-state index in [0.717, 1.165) is 29.4 Å². The smallest absolute Gasteiger partial charge is 0.338 e. The Morgan fingerprint density at radius 3 is 1.74 bits per heavy atom. The molecule has 1 saturated heterocycles. The Bertz CT molecular complexity index is 999. The molecule has 2 aromatic rings. The number of esters is 2. The van der Waals surface area contributed by atoms with Crippen molar-refractivity contribution >= 4 is 11.9 Å². The van der Waals surface area contributed by atoms with E-state index >= 15 is 0 Å².